The Morgan fingerprint density at radius 2 is 1.92 bits per heavy atom. The Labute approximate surface area is 236 Å². The van der Waals surface area contributed by atoms with Gasteiger partial charge in [-0.3, -0.25) is 4.79 Å². The van der Waals surface area contributed by atoms with Crippen molar-refractivity contribution in [2.75, 3.05) is 18.0 Å². The fraction of sp³-hybridized carbons (Fsp3) is 0.500. The number of nitrogens with zero attached hydrogens (tertiary/aromatic N) is 1. The van der Waals surface area contributed by atoms with Crippen molar-refractivity contribution in [1.82, 2.24) is 4.72 Å². The van der Waals surface area contributed by atoms with Crippen molar-refractivity contribution >= 4 is 33.2 Å². The number of carbonyl (C=O) groups excluding carboxylic acids is 1. The second kappa shape index (κ2) is 11.9. The van der Waals surface area contributed by atoms with Crippen molar-refractivity contribution in [1.29, 1.82) is 0 Å². The monoisotopic (exact) mass is 572 g/mol. The molecule has 4 atom stereocenters. The summed E-state index contributed by atoms with van der Waals surface area (Å²) in [6, 6.07) is 11.0. The molecule has 1 amide bonds. The number of aliphatic hydroxyl groups excluding tert-OH is 1. The van der Waals surface area contributed by atoms with Crippen LogP contribution in [0.3, 0.4) is 0 Å². The Kier molecular flexibility index (Phi) is 8.55. The Hall–Kier alpha value is -2.55. The molecule has 39 heavy (non-hydrogen) atoms. The van der Waals surface area contributed by atoms with Crippen molar-refractivity contribution in [3.8, 4) is 5.75 Å². The van der Waals surface area contributed by atoms with Crippen molar-refractivity contribution < 1.29 is 23.1 Å². The van der Waals surface area contributed by atoms with Gasteiger partial charge in [-0.1, -0.05) is 29.8 Å². The van der Waals surface area contributed by atoms with E-state index in [1.54, 1.807) is 25.1 Å². The fourth-order valence-electron chi connectivity index (χ4n) is 5.79. The second-order valence-electron chi connectivity index (χ2n) is 11.1. The largest absolute Gasteiger partial charge is 0.487 e. The number of ether oxygens (including phenoxy) is 1. The summed E-state index contributed by atoms with van der Waals surface area (Å²) in [5, 5.41) is 10.9. The molecule has 1 saturated carbocycles. The number of aryl methyl sites for hydroxylation is 1. The summed E-state index contributed by atoms with van der Waals surface area (Å²) >= 11 is 6.28. The molecule has 0 unspecified atom stereocenters. The first-order valence-electron chi connectivity index (χ1n) is 13.9. The van der Waals surface area contributed by atoms with Crippen LogP contribution in [-0.4, -0.2) is 43.9 Å². The number of sulfonamides is 1. The van der Waals surface area contributed by atoms with Gasteiger partial charge in [0.05, 0.1) is 17.0 Å². The van der Waals surface area contributed by atoms with Gasteiger partial charge in [-0.05, 0) is 105 Å². The minimum atomic E-state index is -3.86. The van der Waals surface area contributed by atoms with Crippen molar-refractivity contribution in [3.63, 3.8) is 0 Å². The lowest BCUT2D eigenvalue weighted by atomic mass is 9.70. The molecule has 2 aromatic carbocycles. The molecule has 3 aliphatic rings. The summed E-state index contributed by atoms with van der Waals surface area (Å²) in [7, 11) is -3.86. The van der Waals surface area contributed by atoms with Crippen LogP contribution in [0.4, 0.5) is 5.69 Å². The van der Waals surface area contributed by atoms with Crippen LogP contribution < -0.4 is 14.4 Å². The maximum Gasteiger partial charge on any atom is 0.264 e. The van der Waals surface area contributed by atoms with Gasteiger partial charge in [-0.25, -0.2) is 13.1 Å². The number of benzene rings is 2. The molecule has 2 N–H and O–H groups in total. The van der Waals surface area contributed by atoms with Crippen LogP contribution in [0.15, 0.2) is 48.6 Å². The van der Waals surface area contributed by atoms with E-state index in [0.29, 0.717) is 36.1 Å². The standard InChI is InChI=1S/C30H37ClN2O5S/c1-20-6-2-3-8-28(34)26-13-10-23(26)18-33-15-5-4-7-21-16-25(31)12-9-24(21)19-38-29-14-11-22(17-27(29)33)30(35)32-39(20,36)37/h3,8-9,11-12,14,16-17,20,23,26,28,34H,2,4-7,10,13,15,18-19H2,1H3,(H,32,35)/b8-3+/t20-,23+,26-,28-/m1/s1. The molecule has 2 heterocycles. The van der Waals surface area contributed by atoms with Crippen LogP contribution in [-0.2, 0) is 23.1 Å². The van der Waals surface area contributed by atoms with Crippen LogP contribution in [0.2, 0.25) is 5.02 Å². The Bertz CT molecular complexity index is 1340. The van der Waals surface area contributed by atoms with Crippen molar-refractivity contribution in [2.45, 2.75) is 69.8 Å². The molecular weight excluding hydrogens is 536 g/mol. The maximum absolute atomic E-state index is 13.1. The maximum atomic E-state index is 13.1. The number of halogens is 1. The summed E-state index contributed by atoms with van der Waals surface area (Å²) in [6.45, 7) is 3.44. The molecule has 2 aromatic rings. The van der Waals surface area contributed by atoms with E-state index in [2.05, 4.69) is 9.62 Å². The predicted octanol–water partition coefficient (Wildman–Crippen LogP) is 5.25. The lowest BCUT2D eigenvalue weighted by molar-refractivity contribution is 0.0461. The fourth-order valence-corrected chi connectivity index (χ4v) is 7.01. The molecule has 7 nitrogen and oxygen atoms in total. The number of anilines is 1. The van der Waals surface area contributed by atoms with Gasteiger partial charge in [0, 0.05) is 23.7 Å². The SMILES string of the molecule is C[C@@H]1CC/C=C/[C@@H](O)[C@@H]2CC[C@H]2CN2CCCCc3cc(Cl)ccc3COc3ccc(cc32)C(=O)NS1(=O)=O. The average molecular weight is 573 g/mol. The third kappa shape index (κ3) is 6.44. The molecule has 1 fully saturated rings. The number of nitrogens with one attached hydrogen (secondary N) is 1. The lowest BCUT2D eigenvalue weighted by Gasteiger charge is -2.42. The summed E-state index contributed by atoms with van der Waals surface area (Å²) < 4.78 is 34.4. The van der Waals surface area contributed by atoms with Crippen LogP contribution >= 0.6 is 11.6 Å². The van der Waals surface area contributed by atoms with Gasteiger partial charge in [-0.2, -0.15) is 0 Å². The number of aliphatic hydroxyl groups is 1. The van der Waals surface area contributed by atoms with Gasteiger partial charge in [0.1, 0.15) is 12.4 Å². The number of allylic oxidation sites excluding steroid dienone is 1. The first kappa shape index (κ1) is 28.0. The molecule has 5 rings (SSSR count). The molecular formula is C30H37ClN2O5S. The zero-order chi connectivity index (χ0) is 27.6. The zero-order valence-corrected chi connectivity index (χ0v) is 23.9. The molecule has 210 valence electrons. The second-order valence-corrected chi connectivity index (χ2v) is 13.6. The van der Waals surface area contributed by atoms with Gasteiger partial charge in [0.15, 0.2) is 0 Å². The summed E-state index contributed by atoms with van der Waals surface area (Å²) in [6.07, 6.45) is 8.76. The van der Waals surface area contributed by atoms with Crippen LogP contribution in [0.25, 0.3) is 0 Å². The van der Waals surface area contributed by atoms with E-state index in [1.807, 2.05) is 30.4 Å². The van der Waals surface area contributed by atoms with E-state index >= 15 is 0 Å². The number of hydrogen-bond acceptors (Lipinski definition) is 6. The van der Waals surface area contributed by atoms with E-state index in [-0.39, 0.29) is 11.5 Å². The van der Waals surface area contributed by atoms with Crippen LogP contribution in [0.5, 0.6) is 5.75 Å². The number of rotatable bonds is 0. The van der Waals surface area contributed by atoms with Gasteiger partial charge < -0.3 is 14.7 Å². The molecule has 0 radical (unpaired) electrons. The zero-order valence-electron chi connectivity index (χ0n) is 22.3. The number of fused-ring (bicyclic) bond motifs is 3. The predicted molar refractivity (Wildman–Crippen MR) is 154 cm³/mol. The minimum absolute atomic E-state index is 0.149. The van der Waals surface area contributed by atoms with Gasteiger partial charge >= 0.3 is 0 Å². The molecule has 9 heteroatoms. The van der Waals surface area contributed by atoms with E-state index in [9.17, 15) is 18.3 Å². The first-order chi connectivity index (χ1) is 18.7. The van der Waals surface area contributed by atoms with E-state index in [4.69, 9.17) is 16.3 Å². The smallest absolute Gasteiger partial charge is 0.264 e. The highest BCUT2D eigenvalue weighted by Crippen LogP contribution is 2.41. The molecule has 2 bridgehead atoms. The van der Waals surface area contributed by atoms with Gasteiger partial charge in [0.2, 0.25) is 10.0 Å². The molecule has 0 saturated heterocycles. The van der Waals surface area contributed by atoms with E-state index in [1.165, 1.54) is 5.56 Å². The van der Waals surface area contributed by atoms with Gasteiger partial charge in [0.25, 0.3) is 5.91 Å². The molecule has 0 spiro atoms. The minimum Gasteiger partial charge on any atom is -0.487 e. The highest BCUT2D eigenvalue weighted by atomic mass is 35.5. The van der Waals surface area contributed by atoms with Crippen LogP contribution in [0.1, 0.15) is 66.9 Å². The van der Waals surface area contributed by atoms with E-state index < -0.39 is 27.3 Å². The topological polar surface area (TPSA) is 95.9 Å². The number of hydrogen-bond donors (Lipinski definition) is 2. The van der Waals surface area contributed by atoms with Crippen molar-refractivity contribution in [3.05, 3.63) is 70.3 Å². The Morgan fingerprint density at radius 3 is 2.72 bits per heavy atom. The normalized spacial score (nSPS) is 28.4. The third-order valence-electron chi connectivity index (χ3n) is 8.45. The Balaban J connectivity index is 1.53. The van der Waals surface area contributed by atoms with E-state index in [0.717, 1.165) is 56.4 Å². The number of carbonyl (C=O) groups is 1. The first-order valence-corrected chi connectivity index (χ1v) is 15.8. The average Bonchev–Trinajstić information content (AvgIpc) is 2.91. The summed E-state index contributed by atoms with van der Waals surface area (Å²) in [4.78, 5) is 15.4. The van der Waals surface area contributed by atoms with Crippen molar-refractivity contribution in [2.24, 2.45) is 11.8 Å². The van der Waals surface area contributed by atoms with Crippen LogP contribution in [0, 0.1) is 11.8 Å². The quantitative estimate of drug-likeness (QED) is 0.419. The third-order valence-corrected chi connectivity index (χ3v) is 10.4. The molecule has 2 aliphatic heterocycles. The van der Waals surface area contributed by atoms with Gasteiger partial charge in [-0.15, -0.1) is 0 Å². The lowest BCUT2D eigenvalue weighted by Crippen LogP contribution is -2.43. The highest BCUT2D eigenvalue weighted by molar-refractivity contribution is 7.90. The highest BCUT2D eigenvalue weighted by Gasteiger charge is 2.37. The Morgan fingerprint density at radius 1 is 1.08 bits per heavy atom. The summed E-state index contributed by atoms with van der Waals surface area (Å²) in [5.41, 5.74) is 3.29. The molecule has 0 aromatic heterocycles. The molecule has 1 aliphatic carbocycles. The summed E-state index contributed by atoms with van der Waals surface area (Å²) in [5.74, 6) is 0.459. The number of amides is 1.